The molecule has 1 saturated heterocycles. The Hall–Kier alpha value is -2.44. The molecule has 1 heterocycles. The van der Waals surface area contributed by atoms with Crippen LogP contribution in [0.3, 0.4) is 0 Å². The molecule has 0 bridgehead atoms. The minimum Gasteiger partial charge on any atom is -0.374 e. The first kappa shape index (κ1) is 22.7. The minimum atomic E-state index is -0.625. The zero-order valence-electron chi connectivity index (χ0n) is 18.0. The van der Waals surface area contributed by atoms with Crippen LogP contribution in [0.5, 0.6) is 0 Å². The van der Waals surface area contributed by atoms with Gasteiger partial charge in [-0.2, -0.15) is 0 Å². The molecule has 3 atom stereocenters. The smallest absolute Gasteiger partial charge is 0.167 e. The summed E-state index contributed by atoms with van der Waals surface area (Å²) < 4.78 is 18.3. The molecular weight excluding hydrogens is 420 g/mol. The summed E-state index contributed by atoms with van der Waals surface area (Å²) in [7, 11) is 0. The number of rotatable bonds is 10. The molecule has 1 aliphatic rings. The second-order valence-corrected chi connectivity index (χ2v) is 8.94. The normalized spacial score (nSPS) is 20.9. The zero-order chi connectivity index (χ0) is 22.0. The molecule has 3 aromatic carbocycles. The van der Waals surface area contributed by atoms with Gasteiger partial charge >= 0.3 is 0 Å². The maximum atomic E-state index is 13.0. The monoisotopic (exact) mass is 448 g/mol. The molecule has 0 saturated carbocycles. The van der Waals surface area contributed by atoms with Crippen LogP contribution in [-0.2, 0) is 38.0 Å². The molecule has 32 heavy (non-hydrogen) atoms. The lowest BCUT2D eigenvalue weighted by atomic mass is 10.0. The number of Topliss-reactive ketones (excluding diaryl/α,β-unsaturated/α-hetero) is 1. The molecule has 1 aliphatic heterocycles. The van der Waals surface area contributed by atoms with E-state index in [0.717, 1.165) is 16.9 Å². The summed E-state index contributed by atoms with van der Waals surface area (Å²) in [4.78, 5) is 13.0. The average molecular weight is 449 g/mol. The van der Waals surface area contributed by atoms with E-state index in [-0.39, 0.29) is 11.2 Å². The summed E-state index contributed by atoms with van der Waals surface area (Å²) >= 11 is 1.65. The molecule has 0 aromatic heterocycles. The van der Waals surface area contributed by atoms with Crippen molar-refractivity contribution in [2.45, 2.75) is 43.0 Å². The van der Waals surface area contributed by atoms with Crippen molar-refractivity contribution in [2.75, 3.05) is 6.61 Å². The first-order valence-corrected chi connectivity index (χ1v) is 11.9. The number of hydrogen-bond acceptors (Lipinski definition) is 5. The summed E-state index contributed by atoms with van der Waals surface area (Å²) in [5.74, 6) is 0.873. The number of hydrogen-bond donors (Lipinski definition) is 0. The molecule has 166 valence electrons. The highest BCUT2D eigenvalue weighted by Gasteiger charge is 2.38. The van der Waals surface area contributed by atoms with Gasteiger partial charge in [0.15, 0.2) is 5.78 Å². The van der Waals surface area contributed by atoms with Gasteiger partial charge in [0.1, 0.15) is 17.6 Å². The quantitative estimate of drug-likeness (QED) is 0.415. The van der Waals surface area contributed by atoms with Crippen molar-refractivity contribution in [1.82, 2.24) is 0 Å². The Morgan fingerprint density at radius 3 is 1.97 bits per heavy atom. The third-order valence-electron chi connectivity index (χ3n) is 5.29. The molecule has 4 nitrogen and oxygen atoms in total. The molecule has 0 spiro atoms. The van der Waals surface area contributed by atoms with E-state index in [0.29, 0.717) is 26.2 Å². The largest absolute Gasteiger partial charge is 0.374 e. The fourth-order valence-corrected chi connectivity index (χ4v) is 4.69. The Balaban J connectivity index is 1.37. The summed E-state index contributed by atoms with van der Waals surface area (Å²) in [6, 6.07) is 30.1. The van der Waals surface area contributed by atoms with E-state index in [1.54, 1.807) is 11.8 Å². The molecular formula is C27H28O4S. The van der Waals surface area contributed by atoms with E-state index >= 15 is 0 Å². The number of carbonyl (C=O) groups is 1. The Bertz CT molecular complexity index is 949. The van der Waals surface area contributed by atoms with Gasteiger partial charge < -0.3 is 14.2 Å². The minimum absolute atomic E-state index is 0.0750. The van der Waals surface area contributed by atoms with Crippen molar-refractivity contribution in [3.05, 3.63) is 108 Å². The van der Waals surface area contributed by atoms with Crippen LogP contribution < -0.4 is 0 Å². The second kappa shape index (κ2) is 12.0. The predicted molar refractivity (Wildman–Crippen MR) is 127 cm³/mol. The van der Waals surface area contributed by atoms with Gasteiger partial charge in [0.2, 0.25) is 0 Å². The highest BCUT2D eigenvalue weighted by molar-refractivity contribution is 7.99. The average Bonchev–Trinajstić information content (AvgIpc) is 2.84. The molecule has 5 heteroatoms. The van der Waals surface area contributed by atoms with Gasteiger partial charge in [-0.15, -0.1) is 11.8 Å². The van der Waals surface area contributed by atoms with Crippen molar-refractivity contribution in [1.29, 1.82) is 0 Å². The van der Waals surface area contributed by atoms with E-state index < -0.39 is 12.2 Å². The van der Waals surface area contributed by atoms with Gasteiger partial charge in [0.05, 0.1) is 19.8 Å². The Kier molecular flexibility index (Phi) is 8.51. The summed E-state index contributed by atoms with van der Waals surface area (Å²) in [5, 5.41) is 0. The highest BCUT2D eigenvalue weighted by Crippen LogP contribution is 2.30. The van der Waals surface area contributed by atoms with E-state index in [2.05, 4.69) is 12.1 Å². The molecule has 3 aromatic rings. The summed E-state index contributed by atoms with van der Waals surface area (Å²) in [6.07, 6.45) is -0.719. The highest BCUT2D eigenvalue weighted by atomic mass is 32.2. The fourth-order valence-electron chi connectivity index (χ4n) is 3.62. The Morgan fingerprint density at radius 2 is 1.34 bits per heavy atom. The van der Waals surface area contributed by atoms with Crippen LogP contribution in [-0.4, -0.2) is 30.0 Å². The molecule has 1 fully saturated rings. The topological polar surface area (TPSA) is 44.8 Å². The van der Waals surface area contributed by atoms with Gasteiger partial charge in [0.25, 0.3) is 0 Å². The lowest BCUT2D eigenvalue weighted by Gasteiger charge is -2.35. The number of carbonyl (C=O) groups excluding carboxylic acids is 1. The maximum Gasteiger partial charge on any atom is 0.167 e. The second-order valence-electron chi connectivity index (χ2n) is 7.79. The van der Waals surface area contributed by atoms with E-state index in [9.17, 15) is 4.79 Å². The van der Waals surface area contributed by atoms with Crippen LogP contribution in [0.15, 0.2) is 91.0 Å². The van der Waals surface area contributed by atoms with Crippen molar-refractivity contribution in [3.8, 4) is 0 Å². The molecule has 4 rings (SSSR count). The SMILES string of the molecule is O=C1C[C@@H](SCc2ccccc2)O[C@H](COCc2ccccc2)[C@H]1OCc1ccccc1. The van der Waals surface area contributed by atoms with Gasteiger partial charge in [-0.05, 0) is 16.7 Å². The number of benzene rings is 3. The zero-order valence-corrected chi connectivity index (χ0v) is 18.8. The van der Waals surface area contributed by atoms with Crippen LogP contribution >= 0.6 is 11.8 Å². The first-order chi connectivity index (χ1) is 15.8. The van der Waals surface area contributed by atoms with Gasteiger partial charge in [-0.3, -0.25) is 4.79 Å². The maximum absolute atomic E-state index is 13.0. The van der Waals surface area contributed by atoms with Gasteiger partial charge in [0, 0.05) is 12.2 Å². The summed E-state index contributed by atoms with van der Waals surface area (Å²) in [5.41, 5.74) is 3.13. The van der Waals surface area contributed by atoms with Crippen LogP contribution in [0.25, 0.3) is 0 Å². The standard InChI is InChI=1S/C27H28O4S/c28-24-16-26(32-20-23-14-8-3-9-15-23)31-25(19-29-17-21-10-4-1-5-11-21)27(24)30-18-22-12-6-2-7-13-22/h1-15,25-27H,16-20H2/t25-,26-,27+/m1/s1. The van der Waals surface area contributed by atoms with Crippen molar-refractivity contribution in [3.63, 3.8) is 0 Å². The Labute approximate surface area is 193 Å². The fraction of sp³-hybridized carbons (Fsp3) is 0.296. The molecule has 0 N–H and O–H groups in total. The molecule has 0 unspecified atom stereocenters. The lowest BCUT2D eigenvalue weighted by molar-refractivity contribution is -0.168. The number of ether oxygens (including phenoxy) is 3. The number of thioether (sulfide) groups is 1. The third kappa shape index (κ3) is 6.78. The van der Waals surface area contributed by atoms with E-state index in [1.807, 2.05) is 78.9 Å². The number of ketones is 1. The summed E-state index contributed by atoms with van der Waals surface area (Å²) in [6.45, 7) is 1.15. The lowest BCUT2D eigenvalue weighted by Crippen LogP contribution is -2.48. The van der Waals surface area contributed by atoms with Crippen LogP contribution in [0, 0.1) is 0 Å². The van der Waals surface area contributed by atoms with E-state index in [4.69, 9.17) is 14.2 Å². The first-order valence-electron chi connectivity index (χ1n) is 10.9. The molecule has 0 amide bonds. The predicted octanol–water partition coefficient (Wildman–Crippen LogP) is 5.41. The van der Waals surface area contributed by atoms with E-state index in [1.165, 1.54) is 5.56 Å². The van der Waals surface area contributed by atoms with Crippen molar-refractivity contribution >= 4 is 17.5 Å². The van der Waals surface area contributed by atoms with Crippen molar-refractivity contribution in [2.24, 2.45) is 0 Å². The molecule has 0 radical (unpaired) electrons. The van der Waals surface area contributed by atoms with Crippen LogP contribution in [0.1, 0.15) is 23.1 Å². The Morgan fingerprint density at radius 1 is 0.781 bits per heavy atom. The van der Waals surface area contributed by atoms with Crippen LogP contribution in [0.4, 0.5) is 0 Å². The van der Waals surface area contributed by atoms with Gasteiger partial charge in [-0.25, -0.2) is 0 Å². The van der Waals surface area contributed by atoms with Gasteiger partial charge in [-0.1, -0.05) is 91.0 Å². The van der Waals surface area contributed by atoms with Crippen LogP contribution in [0.2, 0.25) is 0 Å². The third-order valence-corrected chi connectivity index (χ3v) is 6.44. The molecule has 0 aliphatic carbocycles. The van der Waals surface area contributed by atoms with Crippen molar-refractivity contribution < 1.29 is 19.0 Å².